The average Bonchev–Trinajstić information content (AvgIpc) is 2.84. The summed E-state index contributed by atoms with van der Waals surface area (Å²) < 4.78 is 48.1. The smallest absolute Gasteiger partial charge is 0.409 e. The van der Waals surface area contributed by atoms with Crippen molar-refractivity contribution in [3.05, 3.63) is 42.0 Å². The van der Waals surface area contributed by atoms with Crippen molar-refractivity contribution >= 4 is 16.7 Å². The summed E-state index contributed by atoms with van der Waals surface area (Å²) in [5.74, 6) is 0.436. The lowest BCUT2D eigenvalue weighted by molar-refractivity contribution is -0.191. The Labute approximate surface area is 162 Å². The van der Waals surface area contributed by atoms with Gasteiger partial charge in [-0.05, 0) is 36.8 Å². The van der Waals surface area contributed by atoms with E-state index in [0.717, 1.165) is 5.01 Å². The summed E-state index contributed by atoms with van der Waals surface area (Å²) in [4.78, 5) is 12.1. The van der Waals surface area contributed by atoms with Gasteiger partial charge in [0.15, 0.2) is 6.04 Å². The predicted molar refractivity (Wildman–Crippen MR) is 102 cm³/mol. The number of hydrazine groups is 1. The molecule has 1 atom stereocenters. The number of alkyl halides is 3. The average molecular weight is 394 g/mol. The summed E-state index contributed by atoms with van der Waals surface area (Å²) in [6.07, 6.45) is -4.56. The molecular weight excluding hydrogens is 369 g/mol. The molecule has 1 N–H and O–H groups in total. The Kier molecular flexibility index (Phi) is 5.32. The number of benzene rings is 2. The van der Waals surface area contributed by atoms with Gasteiger partial charge in [-0.2, -0.15) is 13.2 Å². The van der Waals surface area contributed by atoms with Crippen LogP contribution < -0.4 is 10.2 Å². The van der Waals surface area contributed by atoms with Gasteiger partial charge in [-0.3, -0.25) is 10.2 Å². The molecule has 152 valence electrons. The van der Waals surface area contributed by atoms with Crippen molar-refractivity contribution in [2.45, 2.75) is 39.9 Å². The molecule has 0 aliphatic carbocycles. The summed E-state index contributed by atoms with van der Waals surface area (Å²) in [6, 6.07) is 8.00. The first-order valence-electron chi connectivity index (χ1n) is 9.29. The van der Waals surface area contributed by atoms with Crippen LogP contribution in [0.3, 0.4) is 0 Å². The topological polar surface area (TPSA) is 41.6 Å². The van der Waals surface area contributed by atoms with E-state index in [1.54, 1.807) is 44.2 Å². The third-order valence-electron chi connectivity index (χ3n) is 4.83. The van der Waals surface area contributed by atoms with E-state index in [1.165, 1.54) is 6.07 Å². The number of rotatable bonds is 5. The molecule has 0 bridgehead atoms. The number of halogens is 3. The fourth-order valence-electron chi connectivity index (χ4n) is 3.42. The van der Waals surface area contributed by atoms with Crippen LogP contribution in [0.25, 0.3) is 10.8 Å². The Hall–Kier alpha value is -2.28. The van der Waals surface area contributed by atoms with Crippen molar-refractivity contribution in [1.82, 2.24) is 10.4 Å². The monoisotopic (exact) mass is 394 g/mol. The maximum absolute atomic E-state index is 14.1. The van der Waals surface area contributed by atoms with E-state index in [0.29, 0.717) is 29.0 Å². The molecule has 1 aliphatic rings. The van der Waals surface area contributed by atoms with Crippen LogP contribution in [-0.4, -0.2) is 30.2 Å². The first-order chi connectivity index (χ1) is 13.0. The molecule has 7 heteroatoms. The van der Waals surface area contributed by atoms with E-state index in [2.05, 4.69) is 5.43 Å². The summed E-state index contributed by atoms with van der Waals surface area (Å²) in [7, 11) is 0. The van der Waals surface area contributed by atoms with Crippen molar-refractivity contribution in [2.75, 3.05) is 13.2 Å². The van der Waals surface area contributed by atoms with Crippen molar-refractivity contribution < 1.29 is 22.7 Å². The summed E-state index contributed by atoms with van der Waals surface area (Å²) in [5, 5.41) is 2.09. The zero-order chi connectivity index (χ0) is 20.7. The minimum absolute atomic E-state index is 0.0318. The van der Waals surface area contributed by atoms with E-state index in [-0.39, 0.29) is 12.1 Å². The summed E-state index contributed by atoms with van der Waals surface area (Å²) in [5.41, 5.74) is 1.62. The van der Waals surface area contributed by atoms with Crippen LogP contribution in [0.2, 0.25) is 0 Å². The highest BCUT2D eigenvalue weighted by Gasteiger charge is 2.51. The molecule has 0 saturated carbocycles. The highest BCUT2D eigenvalue weighted by atomic mass is 19.4. The fourth-order valence-corrected chi connectivity index (χ4v) is 3.42. The zero-order valence-electron chi connectivity index (χ0n) is 16.4. The van der Waals surface area contributed by atoms with Gasteiger partial charge in [0.25, 0.3) is 0 Å². The first-order valence-corrected chi connectivity index (χ1v) is 9.29. The predicted octanol–water partition coefficient (Wildman–Crippen LogP) is 4.85. The molecule has 1 saturated heterocycles. The maximum atomic E-state index is 14.1. The highest BCUT2D eigenvalue weighted by Crippen LogP contribution is 2.43. The van der Waals surface area contributed by atoms with Crippen LogP contribution in [0.5, 0.6) is 5.75 Å². The minimum Gasteiger partial charge on any atom is -0.493 e. The number of nitrogens with one attached hydrogen (secondary N) is 1. The normalized spacial score (nSPS) is 18.5. The molecule has 1 amide bonds. The van der Waals surface area contributed by atoms with Crippen molar-refractivity contribution in [2.24, 2.45) is 11.3 Å². The second-order valence-corrected chi connectivity index (χ2v) is 8.30. The Morgan fingerprint density at radius 1 is 1.14 bits per heavy atom. The van der Waals surface area contributed by atoms with Gasteiger partial charge in [-0.1, -0.05) is 44.2 Å². The molecular formula is C21H25F3N2O2. The lowest BCUT2D eigenvalue weighted by Gasteiger charge is -2.30. The molecule has 4 nitrogen and oxygen atoms in total. The van der Waals surface area contributed by atoms with E-state index < -0.39 is 23.5 Å². The Bertz CT molecular complexity index is 878. The van der Waals surface area contributed by atoms with Gasteiger partial charge in [0.05, 0.1) is 12.0 Å². The van der Waals surface area contributed by atoms with Crippen molar-refractivity contribution in [3.8, 4) is 5.75 Å². The zero-order valence-corrected chi connectivity index (χ0v) is 16.4. The maximum Gasteiger partial charge on any atom is 0.409 e. The van der Waals surface area contributed by atoms with Crippen LogP contribution in [0.4, 0.5) is 13.2 Å². The molecule has 2 aromatic rings. The standard InChI is InChI=1S/C21H25F3N2O2/c1-13(2)11-28-17-10-6-7-14-15(17)8-5-9-16(14)18(21(22,23)24)26-12-20(3,4)19(27)25-26/h5-10,13,18H,11-12H2,1-4H3,(H,25,27)/t18-/m0/s1. The van der Waals surface area contributed by atoms with Gasteiger partial charge >= 0.3 is 6.18 Å². The van der Waals surface area contributed by atoms with Gasteiger partial charge in [0.2, 0.25) is 5.91 Å². The van der Waals surface area contributed by atoms with E-state index >= 15 is 0 Å². The first kappa shape index (κ1) is 20.5. The Morgan fingerprint density at radius 3 is 2.36 bits per heavy atom. The highest BCUT2D eigenvalue weighted by molar-refractivity contribution is 5.91. The fraction of sp³-hybridized carbons (Fsp3) is 0.476. The van der Waals surface area contributed by atoms with Crippen LogP contribution in [0, 0.1) is 11.3 Å². The summed E-state index contributed by atoms with van der Waals surface area (Å²) >= 11 is 0. The number of ether oxygens (including phenoxy) is 1. The number of hydrogen-bond donors (Lipinski definition) is 1. The molecule has 0 unspecified atom stereocenters. The number of fused-ring (bicyclic) bond motifs is 1. The third kappa shape index (κ3) is 3.94. The second-order valence-electron chi connectivity index (χ2n) is 8.30. The van der Waals surface area contributed by atoms with Gasteiger partial charge in [-0.15, -0.1) is 0 Å². The van der Waals surface area contributed by atoms with Crippen LogP contribution in [0.1, 0.15) is 39.3 Å². The van der Waals surface area contributed by atoms with Gasteiger partial charge in [0.1, 0.15) is 5.75 Å². The number of amides is 1. The molecule has 0 spiro atoms. The molecule has 0 radical (unpaired) electrons. The number of carbonyl (C=O) groups excluding carboxylic acids is 1. The summed E-state index contributed by atoms with van der Waals surface area (Å²) in [6.45, 7) is 7.73. The Morgan fingerprint density at radius 2 is 1.79 bits per heavy atom. The molecule has 0 aromatic heterocycles. The third-order valence-corrected chi connectivity index (χ3v) is 4.83. The molecule has 2 aromatic carbocycles. The number of nitrogens with zero attached hydrogens (tertiary/aromatic N) is 1. The van der Waals surface area contributed by atoms with E-state index in [4.69, 9.17) is 4.74 Å². The van der Waals surface area contributed by atoms with E-state index in [9.17, 15) is 18.0 Å². The van der Waals surface area contributed by atoms with Crippen LogP contribution >= 0.6 is 0 Å². The number of carbonyl (C=O) groups is 1. The largest absolute Gasteiger partial charge is 0.493 e. The number of hydrogen-bond acceptors (Lipinski definition) is 3. The molecule has 3 rings (SSSR count). The van der Waals surface area contributed by atoms with Crippen LogP contribution in [-0.2, 0) is 4.79 Å². The van der Waals surface area contributed by atoms with Gasteiger partial charge in [0, 0.05) is 11.9 Å². The Balaban J connectivity index is 2.09. The van der Waals surface area contributed by atoms with Gasteiger partial charge in [-0.25, -0.2) is 5.01 Å². The molecule has 1 heterocycles. The van der Waals surface area contributed by atoms with Crippen molar-refractivity contribution in [3.63, 3.8) is 0 Å². The second kappa shape index (κ2) is 7.28. The lowest BCUT2D eigenvalue weighted by Crippen LogP contribution is -2.43. The van der Waals surface area contributed by atoms with Crippen LogP contribution in [0.15, 0.2) is 36.4 Å². The van der Waals surface area contributed by atoms with Crippen molar-refractivity contribution in [1.29, 1.82) is 0 Å². The molecule has 28 heavy (non-hydrogen) atoms. The van der Waals surface area contributed by atoms with Gasteiger partial charge < -0.3 is 4.74 Å². The van der Waals surface area contributed by atoms with E-state index in [1.807, 2.05) is 13.8 Å². The minimum atomic E-state index is -4.56. The SMILES string of the molecule is CC(C)COc1cccc2c([C@H](N3CC(C)(C)C(=O)N3)C(F)(F)F)cccc12. The molecule has 1 aliphatic heterocycles. The quantitative estimate of drug-likeness (QED) is 0.788. The molecule has 1 fully saturated rings. The lowest BCUT2D eigenvalue weighted by atomic mass is 9.93.